The predicted molar refractivity (Wildman–Crippen MR) is 93.4 cm³/mol. The van der Waals surface area contributed by atoms with Gasteiger partial charge in [0.05, 0.1) is 13.1 Å². The molecule has 0 aliphatic heterocycles. The highest BCUT2D eigenvalue weighted by atomic mass is 16.3. The van der Waals surface area contributed by atoms with Crippen molar-refractivity contribution in [1.29, 1.82) is 0 Å². The number of rotatable bonds is 6. The largest absolute Gasteiger partial charge is 0.465 e. The number of carbonyl (C=O) groups is 1. The van der Waals surface area contributed by atoms with E-state index >= 15 is 0 Å². The zero-order valence-corrected chi connectivity index (χ0v) is 15.0. The van der Waals surface area contributed by atoms with Crippen molar-refractivity contribution in [3.05, 3.63) is 23.7 Å². The molecule has 0 unspecified atom stereocenters. The van der Waals surface area contributed by atoms with Gasteiger partial charge in [-0.1, -0.05) is 0 Å². The Labute approximate surface area is 145 Å². The third kappa shape index (κ3) is 3.39. The number of carbonyl (C=O) groups excluding carboxylic acids is 1. The lowest BCUT2D eigenvalue weighted by molar-refractivity contribution is -0.124. The Morgan fingerprint density at radius 1 is 1.21 bits per heavy atom. The van der Waals surface area contributed by atoms with Gasteiger partial charge in [-0.25, -0.2) is 0 Å². The first-order valence-electron chi connectivity index (χ1n) is 9.50. The van der Waals surface area contributed by atoms with Gasteiger partial charge < -0.3 is 9.73 Å². The van der Waals surface area contributed by atoms with Crippen LogP contribution in [0.2, 0.25) is 0 Å². The lowest BCUT2D eigenvalue weighted by Gasteiger charge is -2.56. The average Bonchev–Trinajstić information content (AvgIpc) is 2.89. The molecule has 0 radical (unpaired) electrons. The van der Waals surface area contributed by atoms with Crippen LogP contribution in [0, 0.1) is 30.1 Å². The summed E-state index contributed by atoms with van der Waals surface area (Å²) in [6, 6.07) is 3.95. The molecule has 0 aromatic carbocycles. The second kappa shape index (κ2) is 6.21. The first-order valence-corrected chi connectivity index (χ1v) is 9.50. The second-order valence-electron chi connectivity index (χ2n) is 8.88. The van der Waals surface area contributed by atoms with Crippen molar-refractivity contribution in [3.63, 3.8) is 0 Å². The summed E-state index contributed by atoms with van der Waals surface area (Å²) in [6.45, 7) is 3.95. The standard InChI is InChI=1S/C20H30N2O2/c1-14-3-4-18(24-14)11-22(2)12-19(23)21-13-20-8-15-5-16(9-20)7-17(6-15)10-20/h3-4,15-17H,5-13H2,1-2H3,(H,21,23). The van der Waals surface area contributed by atoms with Gasteiger partial charge in [0.15, 0.2) is 0 Å². The number of nitrogens with zero attached hydrogens (tertiary/aromatic N) is 1. The maximum absolute atomic E-state index is 12.4. The highest BCUT2D eigenvalue weighted by Crippen LogP contribution is 2.59. The second-order valence-corrected chi connectivity index (χ2v) is 8.88. The third-order valence-corrected chi connectivity index (χ3v) is 6.46. The highest BCUT2D eigenvalue weighted by molar-refractivity contribution is 5.78. The molecule has 4 aliphatic carbocycles. The number of likely N-dealkylation sites (N-methyl/N-ethyl adjacent to an activating group) is 1. The molecule has 4 aliphatic rings. The van der Waals surface area contributed by atoms with Gasteiger partial charge in [-0.3, -0.25) is 9.69 Å². The summed E-state index contributed by atoms with van der Waals surface area (Å²) < 4.78 is 5.59. The molecule has 0 atom stereocenters. The van der Waals surface area contributed by atoms with E-state index in [0.717, 1.165) is 35.8 Å². The van der Waals surface area contributed by atoms with Gasteiger partial charge in [-0.15, -0.1) is 0 Å². The van der Waals surface area contributed by atoms with Crippen molar-refractivity contribution in [2.24, 2.45) is 23.2 Å². The minimum absolute atomic E-state index is 0.150. The molecule has 4 bridgehead atoms. The van der Waals surface area contributed by atoms with Crippen LogP contribution in [-0.4, -0.2) is 30.9 Å². The molecule has 1 aromatic rings. The lowest BCUT2D eigenvalue weighted by atomic mass is 9.49. The number of amides is 1. The fourth-order valence-corrected chi connectivity index (χ4v) is 5.99. The molecule has 1 aromatic heterocycles. The van der Waals surface area contributed by atoms with Crippen LogP contribution in [0.15, 0.2) is 16.5 Å². The molecule has 1 N–H and O–H groups in total. The quantitative estimate of drug-likeness (QED) is 0.870. The van der Waals surface area contributed by atoms with Gasteiger partial charge in [0.2, 0.25) is 5.91 Å². The third-order valence-electron chi connectivity index (χ3n) is 6.46. The molecule has 4 nitrogen and oxygen atoms in total. The predicted octanol–water partition coefficient (Wildman–Crippen LogP) is 3.35. The van der Waals surface area contributed by atoms with Gasteiger partial charge in [0.1, 0.15) is 11.5 Å². The summed E-state index contributed by atoms with van der Waals surface area (Å²) in [5.74, 6) is 4.82. The van der Waals surface area contributed by atoms with E-state index in [4.69, 9.17) is 4.42 Å². The van der Waals surface area contributed by atoms with Crippen LogP contribution in [0.25, 0.3) is 0 Å². The number of furan rings is 1. The fourth-order valence-electron chi connectivity index (χ4n) is 5.99. The maximum atomic E-state index is 12.4. The fraction of sp³-hybridized carbons (Fsp3) is 0.750. The maximum Gasteiger partial charge on any atom is 0.234 e. The van der Waals surface area contributed by atoms with Crippen LogP contribution >= 0.6 is 0 Å². The van der Waals surface area contributed by atoms with Crippen LogP contribution in [0.1, 0.15) is 50.0 Å². The molecule has 5 rings (SSSR count). The van der Waals surface area contributed by atoms with Crippen molar-refractivity contribution in [1.82, 2.24) is 10.2 Å². The Bertz CT molecular complexity index is 571. The summed E-state index contributed by atoms with van der Waals surface area (Å²) in [5, 5.41) is 3.25. The molecule has 0 spiro atoms. The van der Waals surface area contributed by atoms with E-state index in [1.165, 1.54) is 38.5 Å². The summed E-state index contributed by atoms with van der Waals surface area (Å²) in [6.07, 6.45) is 8.41. The topological polar surface area (TPSA) is 45.5 Å². The van der Waals surface area contributed by atoms with Crippen molar-refractivity contribution in [2.75, 3.05) is 20.1 Å². The molecule has 4 saturated carbocycles. The van der Waals surface area contributed by atoms with Gasteiger partial charge >= 0.3 is 0 Å². The van der Waals surface area contributed by atoms with Gasteiger partial charge in [-0.05, 0) is 87.8 Å². The van der Waals surface area contributed by atoms with Crippen LogP contribution in [0.4, 0.5) is 0 Å². The molecule has 4 heteroatoms. The van der Waals surface area contributed by atoms with Crippen molar-refractivity contribution >= 4 is 5.91 Å². The van der Waals surface area contributed by atoms with Gasteiger partial charge in [0, 0.05) is 6.54 Å². The molecule has 24 heavy (non-hydrogen) atoms. The molecular formula is C20H30N2O2. The van der Waals surface area contributed by atoms with E-state index in [1.54, 1.807) is 0 Å². The van der Waals surface area contributed by atoms with Crippen LogP contribution in [0.3, 0.4) is 0 Å². The Morgan fingerprint density at radius 3 is 2.38 bits per heavy atom. The van der Waals surface area contributed by atoms with E-state index in [1.807, 2.05) is 31.0 Å². The van der Waals surface area contributed by atoms with E-state index in [-0.39, 0.29) is 5.91 Å². The zero-order valence-electron chi connectivity index (χ0n) is 15.0. The SMILES string of the molecule is Cc1ccc(CN(C)CC(=O)NCC23CC4CC(CC(C4)C2)C3)o1. The van der Waals surface area contributed by atoms with Crippen LogP contribution in [0.5, 0.6) is 0 Å². The molecule has 1 amide bonds. The summed E-state index contributed by atoms with van der Waals surface area (Å²) in [4.78, 5) is 14.4. The minimum Gasteiger partial charge on any atom is -0.465 e. The van der Waals surface area contributed by atoms with Crippen molar-refractivity contribution in [3.8, 4) is 0 Å². The smallest absolute Gasteiger partial charge is 0.234 e. The lowest BCUT2D eigenvalue weighted by Crippen LogP contribution is -2.51. The molecule has 132 valence electrons. The summed E-state index contributed by atoms with van der Waals surface area (Å²) in [7, 11) is 1.97. The number of nitrogens with one attached hydrogen (secondary N) is 1. The Balaban J connectivity index is 1.26. The van der Waals surface area contributed by atoms with Crippen molar-refractivity contribution in [2.45, 2.75) is 52.0 Å². The highest BCUT2D eigenvalue weighted by Gasteiger charge is 2.50. The van der Waals surface area contributed by atoms with E-state index in [9.17, 15) is 4.79 Å². The monoisotopic (exact) mass is 330 g/mol. The average molecular weight is 330 g/mol. The van der Waals surface area contributed by atoms with Gasteiger partial charge in [-0.2, -0.15) is 0 Å². The van der Waals surface area contributed by atoms with Crippen LogP contribution in [-0.2, 0) is 11.3 Å². The first-order chi connectivity index (χ1) is 11.5. The first kappa shape index (κ1) is 16.2. The summed E-state index contributed by atoms with van der Waals surface area (Å²) in [5.41, 5.74) is 0.418. The molecule has 0 saturated heterocycles. The Morgan fingerprint density at radius 2 is 1.83 bits per heavy atom. The Kier molecular flexibility index (Phi) is 4.19. The summed E-state index contributed by atoms with van der Waals surface area (Å²) >= 11 is 0. The molecule has 4 fully saturated rings. The van der Waals surface area contributed by atoms with E-state index in [0.29, 0.717) is 18.5 Å². The van der Waals surface area contributed by atoms with Crippen molar-refractivity contribution < 1.29 is 9.21 Å². The van der Waals surface area contributed by atoms with E-state index < -0.39 is 0 Å². The zero-order chi connectivity index (χ0) is 16.7. The van der Waals surface area contributed by atoms with Gasteiger partial charge in [0.25, 0.3) is 0 Å². The molecule has 1 heterocycles. The normalized spacial score (nSPS) is 34.0. The number of hydrogen-bond acceptors (Lipinski definition) is 3. The minimum atomic E-state index is 0.150. The van der Waals surface area contributed by atoms with Crippen LogP contribution < -0.4 is 5.32 Å². The molecular weight excluding hydrogens is 300 g/mol. The van der Waals surface area contributed by atoms with E-state index in [2.05, 4.69) is 5.32 Å². The number of aryl methyl sites for hydroxylation is 1. The number of hydrogen-bond donors (Lipinski definition) is 1. The Hall–Kier alpha value is -1.29.